The van der Waals surface area contributed by atoms with Gasteiger partial charge in [-0.15, -0.1) is 0 Å². The topological polar surface area (TPSA) is 32.3 Å². The van der Waals surface area contributed by atoms with Crippen molar-refractivity contribution in [2.24, 2.45) is 11.8 Å². The van der Waals surface area contributed by atoms with Crippen molar-refractivity contribution < 1.29 is 5.11 Å². The van der Waals surface area contributed by atoms with Crippen LogP contribution in [0.25, 0.3) is 0 Å². The molecule has 0 radical (unpaired) electrons. The highest BCUT2D eigenvalue weighted by atomic mass is 16.3. The molecule has 0 saturated heterocycles. The van der Waals surface area contributed by atoms with E-state index in [2.05, 4.69) is 19.2 Å². The van der Waals surface area contributed by atoms with Crippen LogP contribution in [0.3, 0.4) is 0 Å². The smallest absolute Gasteiger partial charge is 0.0715 e. The second kappa shape index (κ2) is 4.63. The van der Waals surface area contributed by atoms with Gasteiger partial charge < -0.3 is 10.4 Å². The molecule has 2 N–H and O–H groups in total. The minimum atomic E-state index is -0.577. The van der Waals surface area contributed by atoms with Crippen LogP contribution in [0.4, 0.5) is 0 Å². The summed E-state index contributed by atoms with van der Waals surface area (Å²) in [5.74, 6) is 1.69. The summed E-state index contributed by atoms with van der Waals surface area (Å²) in [4.78, 5) is 0. The Labute approximate surface area is 88.1 Å². The van der Waals surface area contributed by atoms with Crippen LogP contribution in [0, 0.1) is 11.8 Å². The highest BCUT2D eigenvalue weighted by Gasteiger charge is 2.25. The molecule has 0 unspecified atom stereocenters. The molecule has 14 heavy (non-hydrogen) atoms. The maximum absolute atomic E-state index is 9.60. The molecule has 0 aromatic carbocycles. The summed E-state index contributed by atoms with van der Waals surface area (Å²) >= 11 is 0. The number of nitrogens with one attached hydrogen (secondary N) is 1. The Hall–Kier alpha value is -0.0800. The third-order valence-corrected chi connectivity index (χ3v) is 3.42. The Morgan fingerprint density at radius 1 is 1.21 bits per heavy atom. The summed E-state index contributed by atoms with van der Waals surface area (Å²) in [6.07, 6.45) is 3.85. The molecule has 0 bridgehead atoms. The van der Waals surface area contributed by atoms with Gasteiger partial charge in [-0.1, -0.05) is 13.8 Å². The van der Waals surface area contributed by atoms with Gasteiger partial charge in [-0.2, -0.15) is 0 Å². The van der Waals surface area contributed by atoms with E-state index in [1.165, 1.54) is 19.3 Å². The maximum Gasteiger partial charge on any atom is 0.0715 e. The van der Waals surface area contributed by atoms with Gasteiger partial charge in [-0.05, 0) is 44.9 Å². The van der Waals surface area contributed by atoms with E-state index in [0.29, 0.717) is 12.6 Å². The molecule has 1 saturated carbocycles. The first-order valence-corrected chi connectivity index (χ1v) is 5.84. The summed E-state index contributed by atoms with van der Waals surface area (Å²) in [6, 6.07) is 0.618. The van der Waals surface area contributed by atoms with Crippen LogP contribution < -0.4 is 5.32 Å². The molecule has 1 aliphatic carbocycles. The molecule has 2 nitrogen and oxygen atoms in total. The zero-order valence-electron chi connectivity index (χ0n) is 10.0. The lowest BCUT2D eigenvalue weighted by Crippen LogP contribution is -2.43. The lowest BCUT2D eigenvalue weighted by Gasteiger charge is -2.34. The summed E-state index contributed by atoms with van der Waals surface area (Å²) in [5, 5.41) is 13.1. The van der Waals surface area contributed by atoms with E-state index >= 15 is 0 Å². The highest BCUT2D eigenvalue weighted by molar-refractivity contribution is 4.81. The first-order valence-electron chi connectivity index (χ1n) is 5.84. The van der Waals surface area contributed by atoms with Crippen molar-refractivity contribution in [3.63, 3.8) is 0 Å². The van der Waals surface area contributed by atoms with Crippen molar-refractivity contribution in [2.45, 2.75) is 58.6 Å². The highest BCUT2D eigenvalue weighted by Crippen LogP contribution is 2.29. The molecular weight excluding hydrogens is 174 g/mol. The zero-order chi connectivity index (χ0) is 10.8. The summed E-state index contributed by atoms with van der Waals surface area (Å²) < 4.78 is 0. The fourth-order valence-electron chi connectivity index (χ4n) is 2.13. The second-order valence-electron chi connectivity index (χ2n) is 5.66. The molecule has 1 fully saturated rings. The van der Waals surface area contributed by atoms with Crippen LogP contribution in [0.5, 0.6) is 0 Å². The molecule has 0 spiro atoms. The van der Waals surface area contributed by atoms with Crippen molar-refractivity contribution >= 4 is 0 Å². The van der Waals surface area contributed by atoms with Crippen LogP contribution >= 0.6 is 0 Å². The summed E-state index contributed by atoms with van der Waals surface area (Å²) in [5.41, 5.74) is -0.577. The molecule has 0 aliphatic heterocycles. The maximum atomic E-state index is 9.60. The average Bonchev–Trinajstić information content (AvgIpc) is 2.06. The fourth-order valence-corrected chi connectivity index (χ4v) is 2.13. The quantitative estimate of drug-likeness (QED) is 0.730. The van der Waals surface area contributed by atoms with E-state index in [4.69, 9.17) is 0 Å². The molecule has 0 aromatic heterocycles. The third kappa shape index (κ3) is 3.97. The van der Waals surface area contributed by atoms with Gasteiger partial charge in [0.15, 0.2) is 0 Å². The van der Waals surface area contributed by atoms with Gasteiger partial charge in [0.1, 0.15) is 0 Å². The van der Waals surface area contributed by atoms with Gasteiger partial charge >= 0.3 is 0 Å². The summed E-state index contributed by atoms with van der Waals surface area (Å²) in [7, 11) is 0. The Morgan fingerprint density at radius 3 is 2.36 bits per heavy atom. The van der Waals surface area contributed by atoms with E-state index in [-0.39, 0.29) is 0 Å². The van der Waals surface area contributed by atoms with Gasteiger partial charge in [0, 0.05) is 12.6 Å². The van der Waals surface area contributed by atoms with Crippen LogP contribution in [0.1, 0.15) is 47.0 Å². The van der Waals surface area contributed by atoms with Gasteiger partial charge in [-0.25, -0.2) is 0 Å². The van der Waals surface area contributed by atoms with Crippen molar-refractivity contribution in [3.8, 4) is 0 Å². The Kier molecular flexibility index (Phi) is 3.96. The molecule has 3 atom stereocenters. The molecule has 0 aromatic rings. The van der Waals surface area contributed by atoms with Gasteiger partial charge in [0.2, 0.25) is 0 Å². The second-order valence-corrected chi connectivity index (χ2v) is 5.66. The van der Waals surface area contributed by atoms with E-state index in [9.17, 15) is 5.11 Å². The lowest BCUT2D eigenvalue weighted by molar-refractivity contribution is 0.0715. The largest absolute Gasteiger partial charge is 0.389 e. The fraction of sp³-hybridized carbons (Fsp3) is 1.00. The number of hydrogen-bond donors (Lipinski definition) is 2. The lowest BCUT2D eigenvalue weighted by atomic mass is 9.79. The predicted octanol–water partition coefficient (Wildman–Crippen LogP) is 2.17. The Morgan fingerprint density at radius 2 is 1.86 bits per heavy atom. The first-order chi connectivity index (χ1) is 6.38. The van der Waals surface area contributed by atoms with E-state index in [0.717, 1.165) is 11.8 Å². The van der Waals surface area contributed by atoms with Gasteiger partial charge in [-0.3, -0.25) is 0 Å². The van der Waals surface area contributed by atoms with E-state index < -0.39 is 5.60 Å². The average molecular weight is 199 g/mol. The minimum Gasteiger partial charge on any atom is -0.389 e. The number of aliphatic hydroxyl groups is 1. The number of hydrogen-bond acceptors (Lipinski definition) is 2. The predicted molar refractivity (Wildman–Crippen MR) is 60.3 cm³/mol. The third-order valence-electron chi connectivity index (χ3n) is 3.42. The van der Waals surface area contributed by atoms with Gasteiger partial charge in [0.25, 0.3) is 0 Å². The van der Waals surface area contributed by atoms with Gasteiger partial charge in [0.05, 0.1) is 5.60 Å². The van der Waals surface area contributed by atoms with Crippen molar-refractivity contribution in [3.05, 3.63) is 0 Å². The molecule has 0 heterocycles. The van der Waals surface area contributed by atoms with Crippen molar-refractivity contribution in [1.29, 1.82) is 0 Å². The Bertz CT molecular complexity index is 174. The normalized spacial score (nSPS) is 34.5. The number of rotatable bonds is 3. The molecule has 1 rings (SSSR count). The monoisotopic (exact) mass is 199 g/mol. The van der Waals surface area contributed by atoms with E-state index in [1.54, 1.807) is 0 Å². The van der Waals surface area contributed by atoms with Crippen LogP contribution in [0.2, 0.25) is 0 Å². The van der Waals surface area contributed by atoms with Crippen LogP contribution in [-0.2, 0) is 0 Å². The van der Waals surface area contributed by atoms with Crippen LogP contribution in [0.15, 0.2) is 0 Å². The summed E-state index contributed by atoms with van der Waals surface area (Å²) in [6.45, 7) is 9.10. The van der Waals surface area contributed by atoms with E-state index in [1.807, 2.05) is 13.8 Å². The minimum absolute atomic E-state index is 0.577. The molecular formula is C12H25NO. The first kappa shape index (κ1) is 12.0. The Balaban J connectivity index is 2.27. The molecule has 84 valence electrons. The molecule has 2 heteroatoms. The zero-order valence-corrected chi connectivity index (χ0v) is 10.0. The standard InChI is InChI=1S/C12H25NO/c1-9-5-6-11(7-10(9)2)13-8-12(3,4)14/h9-11,13-14H,5-8H2,1-4H3/t9-,10-,11-/m1/s1. The van der Waals surface area contributed by atoms with Crippen molar-refractivity contribution in [2.75, 3.05) is 6.54 Å². The SMILES string of the molecule is C[C@@H]1CC[C@@H](NCC(C)(C)O)C[C@H]1C. The van der Waals surface area contributed by atoms with Crippen molar-refractivity contribution in [1.82, 2.24) is 5.32 Å². The molecule has 0 amide bonds. The van der Waals surface area contributed by atoms with Crippen LogP contribution in [-0.4, -0.2) is 23.3 Å². The molecule has 1 aliphatic rings.